The number of hydrogen-bond donors (Lipinski definition) is 3. The van der Waals surface area contributed by atoms with E-state index in [1.165, 1.54) is 0 Å². The van der Waals surface area contributed by atoms with Crippen LogP contribution in [0.4, 0.5) is 5.69 Å². The number of carbonyl (C=O) groups is 1. The fraction of sp³-hybridized carbons (Fsp3) is 0.0889. The van der Waals surface area contributed by atoms with Crippen LogP contribution in [0.1, 0.15) is 33.4 Å². The first-order valence-corrected chi connectivity index (χ1v) is 17.3. The lowest BCUT2D eigenvalue weighted by atomic mass is 9.70. The molecule has 7 nitrogen and oxygen atoms in total. The fourth-order valence-electron chi connectivity index (χ4n) is 7.30. The number of fused-ring (bicyclic) bond motifs is 3. The lowest BCUT2D eigenvalue weighted by molar-refractivity contribution is -0.118. The van der Waals surface area contributed by atoms with E-state index in [2.05, 4.69) is 15.3 Å². The Balaban J connectivity index is 1.12. The van der Waals surface area contributed by atoms with E-state index in [0.29, 0.717) is 31.3 Å². The van der Waals surface area contributed by atoms with Gasteiger partial charge in [-0.3, -0.25) is 4.79 Å². The van der Waals surface area contributed by atoms with E-state index in [4.69, 9.17) is 14.2 Å². The first kappa shape index (κ1) is 31.3. The van der Waals surface area contributed by atoms with E-state index in [1.54, 1.807) is 0 Å². The van der Waals surface area contributed by atoms with Crippen molar-refractivity contribution in [2.24, 2.45) is 0 Å². The van der Waals surface area contributed by atoms with E-state index in [-0.39, 0.29) is 5.91 Å². The molecule has 0 atom stereocenters. The summed E-state index contributed by atoms with van der Waals surface area (Å²) in [5.41, 5.74) is 7.07. The van der Waals surface area contributed by atoms with Gasteiger partial charge in [0.25, 0.3) is 0 Å². The summed E-state index contributed by atoms with van der Waals surface area (Å²) in [5.74, 6) is 2.02. The molecule has 8 aromatic rings. The second kappa shape index (κ2) is 13.2. The van der Waals surface area contributed by atoms with Crippen molar-refractivity contribution in [3.8, 4) is 17.2 Å². The van der Waals surface area contributed by atoms with Crippen molar-refractivity contribution in [1.29, 1.82) is 0 Å². The number of aromatic amines is 2. The number of hydrogen-bond acceptors (Lipinski definition) is 4. The minimum atomic E-state index is -1.18. The van der Waals surface area contributed by atoms with Crippen molar-refractivity contribution in [2.45, 2.75) is 25.2 Å². The van der Waals surface area contributed by atoms with Crippen molar-refractivity contribution < 1.29 is 19.0 Å². The monoisotopic (exact) mass is 681 g/mol. The SMILES string of the molecule is O=C1Nc2cc(OCc3ccccc3)ccc2C1(c1c[nH]c2cc(OCc3ccccc3)ccc12)c1c[nH]c2cc(OCc3ccccc3)ccc12. The van der Waals surface area contributed by atoms with Gasteiger partial charge in [0.1, 0.15) is 42.5 Å². The number of aromatic nitrogens is 2. The topological polar surface area (TPSA) is 88.4 Å². The molecule has 9 rings (SSSR count). The van der Waals surface area contributed by atoms with E-state index in [1.807, 2.05) is 158 Å². The third-order valence-electron chi connectivity index (χ3n) is 9.84. The molecular formula is C45H35N3O4. The molecule has 3 N–H and O–H groups in total. The summed E-state index contributed by atoms with van der Waals surface area (Å²) in [4.78, 5) is 21.7. The van der Waals surface area contributed by atoms with Crippen molar-refractivity contribution in [2.75, 3.05) is 5.32 Å². The summed E-state index contributed by atoms with van der Waals surface area (Å²) in [6, 6.07) is 48.1. The van der Waals surface area contributed by atoms with Crippen molar-refractivity contribution in [3.05, 3.63) is 191 Å². The third-order valence-corrected chi connectivity index (χ3v) is 9.84. The summed E-state index contributed by atoms with van der Waals surface area (Å²) >= 11 is 0. The van der Waals surface area contributed by atoms with E-state index in [9.17, 15) is 4.79 Å². The van der Waals surface area contributed by atoms with Crippen LogP contribution in [0.5, 0.6) is 17.2 Å². The van der Waals surface area contributed by atoms with E-state index >= 15 is 0 Å². The highest BCUT2D eigenvalue weighted by atomic mass is 16.5. The number of nitrogens with one attached hydrogen (secondary N) is 3. The van der Waals surface area contributed by atoms with E-state index in [0.717, 1.165) is 66.7 Å². The highest BCUT2D eigenvalue weighted by Crippen LogP contribution is 2.52. The zero-order valence-electron chi connectivity index (χ0n) is 28.3. The molecule has 6 aromatic carbocycles. The van der Waals surface area contributed by atoms with Gasteiger partial charge < -0.3 is 29.5 Å². The molecule has 3 heterocycles. The van der Waals surface area contributed by atoms with Gasteiger partial charge >= 0.3 is 0 Å². The number of ether oxygens (including phenoxy) is 3. The number of benzene rings is 6. The molecule has 0 saturated carbocycles. The standard InChI is InChI=1S/C45H35N3O4/c49-44-45(38-21-18-35(24-43(38)48-44)52-29-32-14-8-3-9-15-32,39-25-46-41-22-33(16-19-36(39)41)50-27-30-10-4-1-5-11-30)40-26-47-42-23-34(17-20-37(40)42)51-28-31-12-6-2-7-13-31/h1-26,46-47H,27-29H2,(H,48,49). The molecule has 7 heteroatoms. The minimum absolute atomic E-state index is 0.140. The first-order chi connectivity index (χ1) is 25.6. The van der Waals surface area contributed by atoms with Crippen LogP contribution >= 0.6 is 0 Å². The molecule has 0 spiro atoms. The molecule has 0 aliphatic carbocycles. The maximum absolute atomic E-state index is 14.8. The lowest BCUT2D eigenvalue weighted by Gasteiger charge is -2.28. The molecule has 1 aliphatic rings. The zero-order valence-corrected chi connectivity index (χ0v) is 28.3. The van der Waals surface area contributed by atoms with Gasteiger partial charge in [-0.15, -0.1) is 0 Å². The number of carbonyl (C=O) groups excluding carboxylic acids is 1. The van der Waals surface area contributed by atoms with Gasteiger partial charge in [0.2, 0.25) is 5.91 Å². The van der Waals surface area contributed by atoms with Gasteiger partial charge in [0.15, 0.2) is 0 Å². The van der Waals surface area contributed by atoms with Crippen LogP contribution < -0.4 is 19.5 Å². The maximum atomic E-state index is 14.8. The molecule has 1 amide bonds. The lowest BCUT2D eigenvalue weighted by Crippen LogP contribution is -2.36. The van der Waals surface area contributed by atoms with Crippen LogP contribution in [0.15, 0.2) is 158 Å². The smallest absolute Gasteiger partial charge is 0.244 e. The zero-order chi connectivity index (χ0) is 34.9. The molecule has 0 saturated heterocycles. The highest BCUT2D eigenvalue weighted by molar-refractivity contribution is 6.15. The highest BCUT2D eigenvalue weighted by Gasteiger charge is 2.52. The Kier molecular flexibility index (Phi) is 7.93. The van der Waals surface area contributed by atoms with Crippen LogP contribution in [0.3, 0.4) is 0 Å². The predicted molar refractivity (Wildman–Crippen MR) is 204 cm³/mol. The quantitative estimate of drug-likeness (QED) is 0.127. The Morgan fingerprint density at radius 3 is 1.35 bits per heavy atom. The normalized spacial score (nSPS) is 13.2. The second-order valence-corrected chi connectivity index (χ2v) is 13.1. The summed E-state index contributed by atoms with van der Waals surface area (Å²) in [6.45, 7) is 1.34. The average molecular weight is 682 g/mol. The van der Waals surface area contributed by atoms with E-state index < -0.39 is 5.41 Å². The Labute approximate surface area is 300 Å². The number of H-pyrrole nitrogens is 2. The molecule has 0 radical (unpaired) electrons. The Morgan fingerprint density at radius 2 is 0.885 bits per heavy atom. The summed E-state index contributed by atoms with van der Waals surface area (Å²) in [6.07, 6.45) is 3.91. The second-order valence-electron chi connectivity index (χ2n) is 13.1. The van der Waals surface area contributed by atoms with Crippen LogP contribution in [-0.2, 0) is 30.0 Å². The van der Waals surface area contributed by atoms with Crippen molar-refractivity contribution >= 4 is 33.4 Å². The molecular weight excluding hydrogens is 647 g/mol. The average Bonchev–Trinajstić information content (AvgIpc) is 3.89. The van der Waals surface area contributed by atoms with Crippen LogP contribution in [0.25, 0.3) is 21.8 Å². The minimum Gasteiger partial charge on any atom is -0.489 e. The number of amides is 1. The molecule has 1 aliphatic heterocycles. The van der Waals surface area contributed by atoms with Crippen LogP contribution in [-0.4, -0.2) is 15.9 Å². The van der Waals surface area contributed by atoms with Gasteiger partial charge in [0, 0.05) is 74.8 Å². The van der Waals surface area contributed by atoms with Crippen LogP contribution in [0, 0.1) is 0 Å². The molecule has 52 heavy (non-hydrogen) atoms. The fourth-order valence-corrected chi connectivity index (χ4v) is 7.30. The number of anilines is 1. The molecule has 0 fully saturated rings. The van der Waals surface area contributed by atoms with Gasteiger partial charge in [-0.05, 0) is 47.0 Å². The van der Waals surface area contributed by atoms with Crippen molar-refractivity contribution in [1.82, 2.24) is 9.97 Å². The Morgan fingerprint density at radius 1 is 0.462 bits per heavy atom. The van der Waals surface area contributed by atoms with Crippen LogP contribution in [0.2, 0.25) is 0 Å². The molecule has 2 aromatic heterocycles. The van der Waals surface area contributed by atoms with Gasteiger partial charge in [-0.1, -0.05) is 97.1 Å². The summed E-state index contributed by atoms with van der Waals surface area (Å²) < 4.78 is 18.5. The Bertz CT molecular complexity index is 2400. The van der Waals surface area contributed by atoms with Crippen molar-refractivity contribution in [3.63, 3.8) is 0 Å². The van der Waals surface area contributed by atoms with Gasteiger partial charge in [-0.25, -0.2) is 0 Å². The molecule has 0 bridgehead atoms. The molecule has 0 unspecified atom stereocenters. The molecule has 254 valence electrons. The van der Waals surface area contributed by atoms with Gasteiger partial charge in [0.05, 0.1) is 0 Å². The summed E-state index contributed by atoms with van der Waals surface area (Å²) in [5, 5.41) is 5.09. The third kappa shape index (κ3) is 5.62. The largest absolute Gasteiger partial charge is 0.489 e. The maximum Gasteiger partial charge on any atom is 0.244 e. The van der Waals surface area contributed by atoms with Gasteiger partial charge in [-0.2, -0.15) is 0 Å². The predicted octanol–water partition coefficient (Wildman–Crippen LogP) is 9.67. The summed E-state index contributed by atoms with van der Waals surface area (Å²) in [7, 11) is 0. The Hall–Kier alpha value is -6.73. The number of rotatable bonds is 11. The first-order valence-electron chi connectivity index (χ1n) is 17.3.